The van der Waals surface area contributed by atoms with Crippen molar-refractivity contribution in [2.45, 2.75) is 0 Å². The summed E-state index contributed by atoms with van der Waals surface area (Å²) in [7, 11) is 1.63. The summed E-state index contributed by atoms with van der Waals surface area (Å²) < 4.78 is 12.8. The van der Waals surface area contributed by atoms with Crippen molar-refractivity contribution < 1.29 is 9.15 Å². The van der Waals surface area contributed by atoms with Crippen LogP contribution >= 0.6 is 22.9 Å². The molecule has 5 rings (SSSR count). The lowest BCUT2D eigenvalue weighted by Gasteiger charge is -1.98. The molecule has 0 spiro atoms. The number of halogens is 1. The van der Waals surface area contributed by atoms with Crippen molar-refractivity contribution >= 4 is 46.1 Å². The number of fused-ring (bicyclic) bond motifs is 1. The molecule has 3 aromatic heterocycles. The van der Waals surface area contributed by atoms with E-state index in [2.05, 4.69) is 10.1 Å². The van der Waals surface area contributed by atoms with E-state index in [0.29, 0.717) is 31.9 Å². The molecule has 0 saturated carbocycles. The van der Waals surface area contributed by atoms with Crippen LogP contribution in [0.3, 0.4) is 0 Å². The van der Waals surface area contributed by atoms with Gasteiger partial charge in [-0.1, -0.05) is 53.3 Å². The van der Waals surface area contributed by atoms with Gasteiger partial charge in [0.1, 0.15) is 21.8 Å². The molecule has 0 atom stereocenters. The summed E-state index contributed by atoms with van der Waals surface area (Å²) in [6.07, 6.45) is 5.36. The van der Waals surface area contributed by atoms with E-state index in [1.165, 1.54) is 15.9 Å². The van der Waals surface area contributed by atoms with Gasteiger partial charge in [0.05, 0.1) is 7.11 Å². The van der Waals surface area contributed by atoms with Crippen LogP contribution in [0, 0.1) is 0 Å². The normalized spacial score (nSPS) is 12.2. The molecule has 0 aliphatic heterocycles. The Bertz CT molecular complexity index is 1550. The Morgan fingerprint density at radius 3 is 2.69 bits per heavy atom. The third-order valence-corrected chi connectivity index (χ3v) is 5.94. The van der Waals surface area contributed by atoms with Gasteiger partial charge in [0.15, 0.2) is 5.82 Å². The van der Waals surface area contributed by atoms with Gasteiger partial charge in [-0.15, -0.1) is 5.10 Å². The van der Waals surface area contributed by atoms with Crippen LogP contribution in [-0.4, -0.2) is 21.7 Å². The van der Waals surface area contributed by atoms with Crippen LogP contribution < -0.4 is 14.8 Å². The fraction of sp³-hybridized carbons (Fsp3) is 0.0417. The predicted molar refractivity (Wildman–Crippen MR) is 127 cm³/mol. The molecule has 6 nitrogen and oxygen atoms in total. The molecule has 0 N–H and O–H groups in total. The maximum Gasteiger partial charge on any atom is 0.291 e. The molecule has 158 valence electrons. The molecule has 0 amide bonds. The molecule has 0 aliphatic carbocycles. The minimum Gasteiger partial charge on any atom is -0.497 e. The fourth-order valence-electron chi connectivity index (χ4n) is 3.16. The van der Waals surface area contributed by atoms with Gasteiger partial charge in [0.25, 0.3) is 5.56 Å². The second-order valence-corrected chi connectivity index (χ2v) is 8.34. The number of aromatic nitrogens is 3. The molecule has 2 aromatic carbocycles. The van der Waals surface area contributed by atoms with E-state index < -0.39 is 0 Å². The van der Waals surface area contributed by atoms with Crippen LogP contribution in [0.5, 0.6) is 5.75 Å². The van der Waals surface area contributed by atoms with Crippen LogP contribution in [-0.2, 0) is 0 Å². The zero-order valence-electron chi connectivity index (χ0n) is 16.9. The summed E-state index contributed by atoms with van der Waals surface area (Å²) in [6, 6.07) is 18.7. The maximum absolute atomic E-state index is 12.8. The molecule has 8 heteroatoms. The van der Waals surface area contributed by atoms with E-state index >= 15 is 0 Å². The molecule has 32 heavy (non-hydrogen) atoms. The minimum atomic E-state index is -0.234. The van der Waals surface area contributed by atoms with Gasteiger partial charge in [0.2, 0.25) is 4.96 Å². The SMILES string of the molecule is COc1ccc(/C=C/c2nc3s/c(=C\c4ccc(-c5cccc(Cl)c5)o4)c(=O)n3n2)cc1. The summed E-state index contributed by atoms with van der Waals surface area (Å²) in [4.78, 5) is 17.7. The van der Waals surface area contributed by atoms with Crippen molar-refractivity contribution in [2.24, 2.45) is 0 Å². The van der Waals surface area contributed by atoms with E-state index in [1.807, 2.05) is 60.7 Å². The summed E-state index contributed by atoms with van der Waals surface area (Å²) in [5, 5.41) is 4.95. The summed E-state index contributed by atoms with van der Waals surface area (Å²) in [5.74, 6) is 2.51. The molecule has 0 fully saturated rings. The monoisotopic (exact) mass is 461 g/mol. The Morgan fingerprint density at radius 1 is 1.09 bits per heavy atom. The molecule has 0 radical (unpaired) electrons. The molecular weight excluding hydrogens is 446 g/mol. The van der Waals surface area contributed by atoms with Crippen molar-refractivity contribution in [2.75, 3.05) is 7.11 Å². The molecule has 0 saturated heterocycles. The number of furan rings is 1. The number of hydrogen-bond donors (Lipinski definition) is 0. The topological polar surface area (TPSA) is 69.6 Å². The largest absolute Gasteiger partial charge is 0.497 e. The Balaban J connectivity index is 1.41. The Morgan fingerprint density at radius 2 is 1.94 bits per heavy atom. The standard InChI is InChI=1S/C24H16ClN3O3S/c1-30-18-8-5-15(6-9-18)7-12-22-26-24-28(27-22)23(29)21(32-24)14-19-10-11-20(31-19)16-3-2-4-17(25)13-16/h2-14H,1H3/b12-7+,21-14-. The van der Waals surface area contributed by atoms with Crippen molar-refractivity contribution in [3.63, 3.8) is 0 Å². The van der Waals surface area contributed by atoms with Gasteiger partial charge in [-0.05, 0) is 48.0 Å². The van der Waals surface area contributed by atoms with E-state index in [-0.39, 0.29) is 5.56 Å². The van der Waals surface area contributed by atoms with Crippen LogP contribution in [0.1, 0.15) is 17.1 Å². The predicted octanol–water partition coefficient (Wildman–Crippen LogP) is 4.79. The van der Waals surface area contributed by atoms with Crippen molar-refractivity contribution in [1.29, 1.82) is 0 Å². The van der Waals surface area contributed by atoms with E-state index in [1.54, 1.807) is 25.3 Å². The zero-order valence-corrected chi connectivity index (χ0v) is 18.4. The van der Waals surface area contributed by atoms with Crippen molar-refractivity contribution in [1.82, 2.24) is 14.6 Å². The first kappa shape index (κ1) is 20.2. The average molecular weight is 462 g/mol. The Labute approximate surface area is 191 Å². The third kappa shape index (κ3) is 4.08. The number of nitrogens with zero attached hydrogens (tertiary/aromatic N) is 3. The molecule has 0 bridgehead atoms. The lowest BCUT2D eigenvalue weighted by molar-refractivity contribution is 0.415. The maximum atomic E-state index is 12.8. The number of benzene rings is 2. The number of methoxy groups -OCH3 is 1. The van der Waals surface area contributed by atoms with Gasteiger partial charge in [-0.2, -0.15) is 9.50 Å². The van der Waals surface area contributed by atoms with Gasteiger partial charge in [0, 0.05) is 16.7 Å². The van der Waals surface area contributed by atoms with E-state index in [4.69, 9.17) is 20.8 Å². The Kier molecular flexibility index (Phi) is 5.34. The highest BCUT2D eigenvalue weighted by Crippen LogP contribution is 2.25. The lowest BCUT2D eigenvalue weighted by Crippen LogP contribution is -2.23. The van der Waals surface area contributed by atoms with Crippen molar-refractivity contribution in [3.05, 3.63) is 97.7 Å². The van der Waals surface area contributed by atoms with Gasteiger partial charge < -0.3 is 9.15 Å². The summed E-state index contributed by atoms with van der Waals surface area (Å²) in [5.41, 5.74) is 1.62. The van der Waals surface area contributed by atoms with Gasteiger partial charge in [-0.3, -0.25) is 4.79 Å². The third-order valence-electron chi connectivity index (χ3n) is 4.75. The average Bonchev–Trinajstić information content (AvgIpc) is 3.50. The molecule has 3 heterocycles. The smallest absolute Gasteiger partial charge is 0.291 e. The minimum absolute atomic E-state index is 0.234. The second-order valence-electron chi connectivity index (χ2n) is 6.90. The first-order valence-corrected chi connectivity index (χ1v) is 10.9. The van der Waals surface area contributed by atoms with E-state index in [0.717, 1.165) is 16.9 Å². The van der Waals surface area contributed by atoms with Crippen LogP contribution in [0.15, 0.2) is 69.9 Å². The highest BCUT2D eigenvalue weighted by Gasteiger charge is 2.10. The summed E-state index contributed by atoms with van der Waals surface area (Å²) in [6.45, 7) is 0. The molecule has 0 aliphatic rings. The number of rotatable bonds is 5. The first-order valence-electron chi connectivity index (χ1n) is 9.68. The van der Waals surface area contributed by atoms with Gasteiger partial charge >= 0.3 is 0 Å². The van der Waals surface area contributed by atoms with E-state index in [9.17, 15) is 4.79 Å². The fourth-order valence-corrected chi connectivity index (χ4v) is 4.25. The van der Waals surface area contributed by atoms with Gasteiger partial charge in [-0.25, -0.2) is 0 Å². The number of ether oxygens (including phenoxy) is 1. The summed E-state index contributed by atoms with van der Waals surface area (Å²) >= 11 is 7.31. The zero-order chi connectivity index (χ0) is 22.1. The quantitative estimate of drug-likeness (QED) is 0.376. The Hall–Kier alpha value is -3.68. The number of thiazole rings is 1. The number of hydrogen-bond acceptors (Lipinski definition) is 6. The second kappa shape index (κ2) is 8.45. The highest BCUT2D eigenvalue weighted by molar-refractivity contribution is 7.15. The molecular formula is C24H16ClN3O3S. The highest BCUT2D eigenvalue weighted by atomic mass is 35.5. The molecule has 5 aromatic rings. The molecule has 0 unspecified atom stereocenters. The first-order chi connectivity index (χ1) is 15.6. The van der Waals surface area contributed by atoms with Crippen molar-refractivity contribution in [3.8, 4) is 17.1 Å². The van der Waals surface area contributed by atoms with Crippen LogP contribution in [0.4, 0.5) is 0 Å². The lowest BCUT2D eigenvalue weighted by atomic mass is 10.2. The van der Waals surface area contributed by atoms with Crippen LogP contribution in [0.2, 0.25) is 5.02 Å². The van der Waals surface area contributed by atoms with Crippen LogP contribution in [0.25, 0.3) is 34.5 Å².